The number of thiophene rings is 1. The summed E-state index contributed by atoms with van der Waals surface area (Å²) >= 11 is 1.47. The molecule has 1 heterocycles. The summed E-state index contributed by atoms with van der Waals surface area (Å²) < 4.78 is 81.7. The van der Waals surface area contributed by atoms with Gasteiger partial charge in [-0.25, -0.2) is 0 Å². The Morgan fingerprint density at radius 2 is 1.41 bits per heavy atom. The standard InChI is InChI=1S/C40H41F3S.C11H17F3O2.Ir/c1-23-19-28(26-15-17-39(7,8)18-16-26)20-24(2)34(23)36-25(3)35-32(40(41,42)43)14-13-31(37(35)44-36)29-21-27-11-9-10-12-30(27)33(22-29)38(4,5)6;1-9(2,3)7(15)6-8(16)10(4,5)11(12,13)14;/h9-12,14,19-20,22,26H,15-18H2,1-8H3;6,15H,1-5H3;/q-2;;/b;7-6-;. The SMILES string of the molecule is CC(C)(C)/C(O)=C/C(=O)C(C)(C)C(F)(F)F.Cc1cc(C2CCC(C)(C)CC2)cc(C)c1-c1sc2c(-c3[c-]c4ccccc4c(C(C)(C)C)c3)[c-]cc(C(F)(F)F)c2c1C.[Ir]. The predicted octanol–water partition coefficient (Wildman–Crippen LogP) is 16.5. The summed E-state index contributed by atoms with van der Waals surface area (Å²) in [6, 6.07) is 22.6. The van der Waals surface area contributed by atoms with Gasteiger partial charge in [-0.1, -0.05) is 101 Å². The van der Waals surface area contributed by atoms with Crippen molar-refractivity contribution in [2.75, 3.05) is 0 Å². The molecule has 0 atom stereocenters. The number of carbonyl (C=O) groups excluding carboxylic acids is 1. The maximum atomic E-state index is 14.5. The summed E-state index contributed by atoms with van der Waals surface area (Å²) in [5.74, 6) is -0.960. The quantitative estimate of drug-likeness (QED) is 0.0824. The van der Waals surface area contributed by atoms with Crippen LogP contribution < -0.4 is 0 Å². The van der Waals surface area contributed by atoms with E-state index in [2.05, 4.69) is 84.9 Å². The predicted molar refractivity (Wildman–Crippen MR) is 236 cm³/mol. The number of allylic oxidation sites excluding steroid dienone is 2. The fourth-order valence-electron chi connectivity index (χ4n) is 7.93. The number of hydrogen-bond acceptors (Lipinski definition) is 3. The molecule has 5 aromatic rings. The first-order chi connectivity index (χ1) is 27.3. The minimum Gasteiger partial charge on any atom is -0.512 e. The molecule has 0 unspecified atom stereocenters. The van der Waals surface area contributed by atoms with Gasteiger partial charge in [-0.2, -0.15) is 67.0 Å². The largest absolute Gasteiger partial charge is 0.512 e. The molecule has 0 aliphatic heterocycles. The number of aliphatic hydroxyl groups is 1. The van der Waals surface area contributed by atoms with Crippen LogP contribution in [0, 0.1) is 49.1 Å². The second-order valence-electron chi connectivity index (χ2n) is 20.0. The summed E-state index contributed by atoms with van der Waals surface area (Å²) in [5, 5.41) is 11.8. The van der Waals surface area contributed by atoms with E-state index in [0.717, 1.165) is 63.4 Å². The Morgan fingerprint density at radius 1 is 0.852 bits per heavy atom. The molecule has 1 aromatic heterocycles. The topological polar surface area (TPSA) is 37.3 Å². The second kappa shape index (κ2) is 17.6. The van der Waals surface area contributed by atoms with Gasteiger partial charge in [0.15, 0.2) is 5.78 Å². The molecule has 0 amide bonds. The van der Waals surface area contributed by atoms with Crippen molar-refractivity contribution >= 4 is 38.0 Å². The normalized spacial score (nSPS) is 15.7. The van der Waals surface area contributed by atoms with Gasteiger partial charge in [0, 0.05) is 36.5 Å². The van der Waals surface area contributed by atoms with Gasteiger partial charge < -0.3 is 5.11 Å². The van der Waals surface area contributed by atoms with Crippen LogP contribution in [0.15, 0.2) is 60.4 Å². The maximum absolute atomic E-state index is 14.5. The third-order valence-corrected chi connectivity index (χ3v) is 13.4. The van der Waals surface area contributed by atoms with E-state index >= 15 is 0 Å². The van der Waals surface area contributed by atoms with Crippen molar-refractivity contribution in [3.8, 4) is 21.6 Å². The van der Waals surface area contributed by atoms with Gasteiger partial charge in [0.1, 0.15) is 11.2 Å². The zero-order valence-corrected chi connectivity index (χ0v) is 40.7. The van der Waals surface area contributed by atoms with E-state index in [1.165, 1.54) is 42.6 Å². The number of halogens is 6. The average molecular weight is 1040 g/mol. The van der Waals surface area contributed by atoms with Crippen molar-refractivity contribution in [1.29, 1.82) is 0 Å². The van der Waals surface area contributed by atoms with Crippen molar-refractivity contribution in [3.05, 3.63) is 106 Å². The van der Waals surface area contributed by atoms with Crippen molar-refractivity contribution in [3.63, 3.8) is 0 Å². The fourth-order valence-corrected chi connectivity index (χ4v) is 9.45. The molecule has 6 rings (SSSR count). The summed E-state index contributed by atoms with van der Waals surface area (Å²) in [7, 11) is 0. The summed E-state index contributed by atoms with van der Waals surface area (Å²) in [5.41, 5.74) is 4.37. The molecule has 1 radical (unpaired) electrons. The Morgan fingerprint density at radius 3 is 1.92 bits per heavy atom. The zero-order chi connectivity index (χ0) is 45.1. The zero-order valence-electron chi connectivity index (χ0n) is 37.5. The molecular weight excluding hydrogens is 983 g/mol. The molecule has 61 heavy (non-hydrogen) atoms. The monoisotopic (exact) mass is 1040 g/mol. The molecule has 0 spiro atoms. The number of fused-ring (bicyclic) bond motifs is 2. The van der Waals surface area contributed by atoms with E-state index in [1.807, 2.05) is 25.1 Å². The minimum atomic E-state index is -4.63. The van der Waals surface area contributed by atoms with Crippen LogP contribution in [0.25, 0.3) is 42.4 Å². The molecule has 1 aliphatic rings. The molecule has 2 nitrogen and oxygen atoms in total. The van der Waals surface area contributed by atoms with Gasteiger partial charge in [-0.15, -0.1) is 23.1 Å². The first kappa shape index (κ1) is 50.2. The van der Waals surface area contributed by atoms with Crippen molar-refractivity contribution in [2.45, 2.75) is 139 Å². The number of aryl methyl sites for hydroxylation is 3. The molecular formula is C51H58F6IrO2S-2. The third-order valence-electron chi connectivity index (χ3n) is 12.1. The van der Waals surface area contributed by atoms with Crippen molar-refractivity contribution in [2.24, 2.45) is 16.2 Å². The van der Waals surface area contributed by atoms with Crippen molar-refractivity contribution in [1.82, 2.24) is 0 Å². The van der Waals surface area contributed by atoms with Gasteiger partial charge in [0.2, 0.25) is 0 Å². The number of rotatable bonds is 5. The molecule has 333 valence electrons. The Bertz CT molecular complexity index is 2420. The Hall–Kier alpha value is -3.46. The Labute approximate surface area is 375 Å². The molecule has 10 heteroatoms. The van der Waals surface area contributed by atoms with E-state index in [4.69, 9.17) is 0 Å². The van der Waals surface area contributed by atoms with Gasteiger partial charge >= 0.3 is 12.4 Å². The van der Waals surface area contributed by atoms with Crippen LogP contribution in [0.4, 0.5) is 26.3 Å². The molecule has 1 fully saturated rings. The second-order valence-corrected chi connectivity index (χ2v) is 21.0. The number of benzene rings is 4. The van der Waals surface area contributed by atoms with E-state index in [0.29, 0.717) is 33.2 Å². The molecule has 1 N–H and O–H groups in total. The van der Waals surface area contributed by atoms with Crippen LogP contribution in [0.3, 0.4) is 0 Å². The summed E-state index contributed by atoms with van der Waals surface area (Å²) in [6.45, 7) is 23.7. The van der Waals surface area contributed by atoms with Crippen LogP contribution >= 0.6 is 11.3 Å². The average Bonchev–Trinajstić information content (AvgIpc) is 3.45. The Balaban J connectivity index is 0.000000412. The van der Waals surface area contributed by atoms with Crippen LogP contribution in [0.5, 0.6) is 0 Å². The number of ketones is 1. The van der Waals surface area contributed by atoms with Gasteiger partial charge in [0.05, 0.1) is 0 Å². The summed E-state index contributed by atoms with van der Waals surface area (Å²) in [4.78, 5) is 12.3. The minimum absolute atomic E-state index is 0. The van der Waals surface area contributed by atoms with Crippen LogP contribution in [0.2, 0.25) is 0 Å². The van der Waals surface area contributed by atoms with Crippen LogP contribution in [-0.4, -0.2) is 17.1 Å². The van der Waals surface area contributed by atoms with Crippen LogP contribution in [-0.2, 0) is 36.5 Å². The first-order valence-electron chi connectivity index (χ1n) is 20.5. The van der Waals surface area contributed by atoms with Crippen molar-refractivity contribution < 1.29 is 56.3 Å². The van der Waals surface area contributed by atoms with Gasteiger partial charge in [-0.05, 0) is 110 Å². The number of carbonyl (C=O) groups is 1. The van der Waals surface area contributed by atoms with Gasteiger partial charge in [0.25, 0.3) is 0 Å². The molecule has 4 aromatic carbocycles. The molecule has 1 saturated carbocycles. The van der Waals surface area contributed by atoms with E-state index in [9.17, 15) is 36.2 Å². The third kappa shape index (κ3) is 10.7. The summed E-state index contributed by atoms with van der Waals surface area (Å²) in [6.07, 6.45) is -3.65. The van der Waals surface area contributed by atoms with E-state index < -0.39 is 34.5 Å². The number of aliphatic hydroxyl groups excluding tert-OH is 1. The Kier molecular flexibility index (Phi) is 14.5. The van der Waals surface area contributed by atoms with Crippen LogP contribution in [0.1, 0.15) is 134 Å². The number of alkyl halides is 6. The fraction of sp³-hybridized carbons (Fsp3) is 0.471. The smallest absolute Gasteiger partial charge is 0.401 e. The molecule has 0 saturated heterocycles. The van der Waals surface area contributed by atoms with E-state index in [1.54, 1.807) is 20.8 Å². The first-order valence-corrected chi connectivity index (χ1v) is 21.3. The maximum Gasteiger partial charge on any atom is 0.401 e. The molecule has 0 bridgehead atoms. The van der Waals surface area contributed by atoms with E-state index in [-0.39, 0.29) is 36.7 Å². The molecule has 1 aliphatic carbocycles. The van der Waals surface area contributed by atoms with Gasteiger partial charge in [-0.3, -0.25) is 4.79 Å². The number of hydrogen-bond donors (Lipinski definition) is 1.